The van der Waals surface area contributed by atoms with E-state index >= 15 is 0 Å². The Labute approximate surface area is 225 Å². The van der Waals surface area contributed by atoms with Crippen LogP contribution in [-0.4, -0.2) is 28.8 Å². The first-order valence-corrected chi connectivity index (χ1v) is 13.5. The Morgan fingerprint density at radius 2 is 1.50 bits per heavy atom. The van der Waals surface area contributed by atoms with Gasteiger partial charge in [-0.1, -0.05) is 79.2 Å². The summed E-state index contributed by atoms with van der Waals surface area (Å²) in [6, 6.07) is 25.5. The summed E-state index contributed by atoms with van der Waals surface area (Å²) < 4.78 is 6.13. The summed E-state index contributed by atoms with van der Waals surface area (Å²) in [7, 11) is 0. The Kier molecular flexibility index (Phi) is 12.1. The molecule has 3 aromatic carbocycles. The smallest absolute Gasteiger partial charge is 0.335 e. The first-order chi connectivity index (χ1) is 18.5. The van der Waals surface area contributed by atoms with Crippen molar-refractivity contribution in [2.24, 2.45) is 5.92 Å². The van der Waals surface area contributed by atoms with Crippen LogP contribution in [0.4, 0.5) is 0 Å². The number of hydrogen-bond donors (Lipinski definition) is 2. The second kappa shape index (κ2) is 16.1. The van der Waals surface area contributed by atoms with E-state index in [1.54, 1.807) is 12.1 Å². The van der Waals surface area contributed by atoms with Crippen LogP contribution in [-0.2, 0) is 17.6 Å². The van der Waals surface area contributed by atoms with E-state index in [-0.39, 0.29) is 17.9 Å². The summed E-state index contributed by atoms with van der Waals surface area (Å²) in [5.41, 5.74) is 3.73. The Bertz CT molecular complexity index is 1150. The Morgan fingerprint density at radius 1 is 0.763 bits per heavy atom. The van der Waals surface area contributed by atoms with Crippen LogP contribution in [0.25, 0.3) is 6.08 Å². The second-order valence-electron chi connectivity index (χ2n) is 9.65. The van der Waals surface area contributed by atoms with Gasteiger partial charge in [0.15, 0.2) is 0 Å². The number of allylic oxidation sites excluding steroid dienone is 1. The summed E-state index contributed by atoms with van der Waals surface area (Å²) >= 11 is 0. The number of carbonyl (C=O) groups is 2. The molecule has 5 heteroatoms. The lowest BCUT2D eigenvalue weighted by Crippen LogP contribution is -2.04. The van der Waals surface area contributed by atoms with E-state index in [0.717, 1.165) is 61.8 Å². The van der Waals surface area contributed by atoms with Crippen molar-refractivity contribution in [1.29, 1.82) is 0 Å². The molecule has 1 unspecified atom stereocenters. The molecule has 2 N–H and O–H groups in total. The minimum Gasteiger partial charge on any atom is -0.493 e. The first kappa shape index (κ1) is 28.7. The van der Waals surface area contributed by atoms with Gasteiger partial charge < -0.3 is 14.9 Å². The topological polar surface area (TPSA) is 83.8 Å². The maximum atomic E-state index is 11.2. The second-order valence-corrected chi connectivity index (χ2v) is 9.65. The van der Waals surface area contributed by atoms with Gasteiger partial charge in [-0.2, -0.15) is 0 Å². The largest absolute Gasteiger partial charge is 0.493 e. The molecule has 0 heterocycles. The van der Waals surface area contributed by atoms with Crippen LogP contribution in [0.15, 0.2) is 84.9 Å². The summed E-state index contributed by atoms with van der Waals surface area (Å²) in [4.78, 5) is 22.1. The van der Waals surface area contributed by atoms with Crippen molar-refractivity contribution >= 4 is 18.0 Å². The monoisotopic (exact) mass is 514 g/mol. The third kappa shape index (κ3) is 10.6. The van der Waals surface area contributed by atoms with E-state index in [0.29, 0.717) is 13.0 Å². The van der Waals surface area contributed by atoms with Crippen LogP contribution in [0, 0.1) is 5.92 Å². The molecule has 0 aliphatic rings. The summed E-state index contributed by atoms with van der Waals surface area (Å²) in [6.45, 7) is 0.675. The number of unbranched alkanes of at least 4 members (excludes halogenated alkanes) is 3. The molecule has 0 bridgehead atoms. The van der Waals surface area contributed by atoms with Gasteiger partial charge in [-0.25, -0.2) is 4.79 Å². The number of carboxylic acid groups (broad SMARTS) is 2. The number of ether oxygens (including phenoxy) is 1. The average Bonchev–Trinajstić information content (AvgIpc) is 2.92. The third-order valence-electron chi connectivity index (χ3n) is 6.59. The lowest BCUT2D eigenvalue weighted by Gasteiger charge is -2.14. The predicted molar refractivity (Wildman–Crippen MR) is 152 cm³/mol. The van der Waals surface area contributed by atoms with Crippen LogP contribution in [0.2, 0.25) is 0 Å². The van der Waals surface area contributed by atoms with Crippen LogP contribution in [0.1, 0.15) is 72.0 Å². The molecule has 0 aliphatic carbocycles. The van der Waals surface area contributed by atoms with Crippen LogP contribution in [0.5, 0.6) is 5.75 Å². The van der Waals surface area contributed by atoms with E-state index in [9.17, 15) is 9.59 Å². The Hall–Kier alpha value is -3.86. The number of hydrogen-bond acceptors (Lipinski definition) is 3. The van der Waals surface area contributed by atoms with Gasteiger partial charge in [-0.3, -0.25) is 4.79 Å². The van der Waals surface area contributed by atoms with Crippen molar-refractivity contribution < 1.29 is 24.5 Å². The molecule has 0 aromatic heterocycles. The quantitative estimate of drug-likeness (QED) is 0.180. The molecule has 0 amide bonds. The zero-order chi connectivity index (χ0) is 27.0. The molecule has 38 heavy (non-hydrogen) atoms. The van der Waals surface area contributed by atoms with Gasteiger partial charge in [-0.05, 0) is 80.2 Å². The normalized spacial score (nSPS) is 11.9. The van der Waals surface area contributed by atoms with E-state index in [1.807, 2.05) is 42.5 Å². The molecule has 0 aliphatic heterocycles. The number of carboxylic acids is 2. The van der Waals surface area contributed by atoms with E-state index in [2.05, 4.69) is 36.4 Å². The predicted octanol–water partition coefficient (Wildman–Crippen LogP) is 7.69. The van der Waals surface area contributed by atoms with Crippen LogP contribution >= 0.6 is 0 Å². The highest BCUT2D eigenvalue weighted by Crippen LogP contribution is 2.24. The standard InChI is InChI=1S/C33H38O5/c34-32(35)17-9-6-14-27(25-28-19-22-30(23-20-28)33(36)37)18-21-29-15-7-8-16-31(29)38-24-10-2-5-13-26-11-3-1-4-12-26/h1,3-4,7-8,11-12,15-16,18-23,27H,2,5-6,9-10,13-14,17,24-25H2,(H,34,35)(H,36,37)/b21-18+. The number of aromatic carboxylic acids is 1. The molecule has 0 spiro atoms. The zero-order valence-electron chi connectivity index (χ0n) is 21.9. The summed E-state index contributed by atoms with van der Waals surface area (Å²) in [5.74, 6) is -0.644. The average molecular weight is 515 g/mol. The van der Waals surface area contributed by atoms with Gasteiger partial charge in [0.1, 0.15) is 5.75 Å². The highest BCUT2D eigenvalue weighted by atomic mass is 16.5. The molecule has 1 atom stereocenters. The highest BCUT2D eigenvalue weighted by Gasteiger charge is 2.10. The van der Waals surface area contributed by atoms with Crippen molar-refractivity contribution in [2.45, 2.75) is 57.8 Å². The fourth-order valence-corrected chi connectivity index (χ4v) is 4.46. The molecule has 0 fully saturated rings. The van der Waals surface area contributed by atoms with Crippen molar-refractivity contribution in [3.8, 4) is 5.75 Å². The lowest BCUT2D eigenvalue weighted by atomic mass is 9.92. The lowest BCUT2D eigenvalue weighted by molar-refractivity contribution is -0.137. The van der Waals surface area contributed by atoms with Gasteiger partial charge in [0, 0.05) is 12.0 Å². The molecule has 200 valence electrons. The summed E-state index contributed by atoms with van der Waals surface area (Å²) in [6.07, 6.45) is 11.9. The number of para-hydroxylation sites is 1. The minimum absolute atomic E-state index is 0.172. The van der Waals surface area contributed by atoms with Crippen LogP contribution in [0.3, 0.4) is 0 Å². The maximum absolute atomic E-state index is 11.2. The SMILES string of the molecule is O=C(O)CCCCC(/C=C/c1ccccc1OCCCCCc1ccccc1)Cc1ccc(C(=O)O)cc1. The zero-order valence-corrected chi connectivity index (χ0v) is 21.9. The molecule has 0 saturated carbocycles. The fourth-order valence-electron chi connectivity index (χ4n) is 4.46. The molecule has 0 radical (unpaired) electrons. The van der Waals surface area contributed by atoms with Crippen molar-refractivity contribution in [2.75, 3.05) is 6.61 Å². The molecule has 0 saturated heterocycles. The molecular formula is C33H38O5. The van der Waals surface area contributed by atoms with Gasteiger partial charge in [0.2, 0.25) is 0 Å². The Morgan fingerprint density at radius 3 is 2.24 bits per heavy atom. The van der Waals surface area contributed by atoms with E-state index in [4.69, 9.17) is 14.9 Å². The van der Waals surface area contributed by atoms with Crippen molar-refractivity contribution in [3.05, 3.63) is 107 Å². The van der Waals surface area contributed by atoms with E-state index in [1.165, 1.54) is 5.56 Å². The van der Waals surface area contributed by atoms with Gasteiger partial charge in [-0.15, -0.1) is 0 Å². The maximum Gasteiger partial charge on any atom is 0.335 e. The molecular weight excluding hydrogens is 476 g/mol. The number of aliphatic carboxylic acids is 1. The summed E-state index contributed by atoms with van der Waals surface area (Å²) in [5, 5.41) is 18.1. The third-order valence-corrected chi connectivity index (χ3v) is 6.59. The molecule has 3 rings (SSSR count). The van der Waals surface area contributed by atoms with Gasteiger partial charge in [0.25, 0.3) is 0 Å². The van der Waals surface area contributed by atoms with Crippen LogP contribution < -0.4 is 4.74 Å². The number of aryl methyl sites for hydroxylation is 1. The fraction of sp³-hybridized carbons (Fsp3) is 0.333. The number of rotatable bonds is 17. The van der Waals surface area contributed by atoms with Gasteiger partial charge >= 0.3 is 11.9 Å². The Balaban J connectivity index is 1.56. The number of benzene rings is 3. The van der Waals surface area contributed by atoms with Gasteiger partial charge in [0.05, 0.1) is 12.2 Å². The first-order valence-electron chi connectivity index (χ1n) is 13.5. The van der Waals surface area contributed by atoms with Crippen molar-refractivity contribution in [1.82, 2.24) is 0 Å². The minimum atomic E-state index is -0.936. The van der Waals surface area contributed by atoms with E-state index < -0.39 is 11.9 Å². The highest BCUT2D eigenvalue weighted by molar-refractivity contribution is 5.87. The molecule has 3 aromatic rings. The molecule has 5 nitrogen and oxygen atoms in total. The van der Waals surface area contributed by atoms with Crippen molar-refractivity contribution in [3.63, 3.8) is 0 Å².